The number of hydrogen-bond donors (Lipinski definition) is 1. The summed E-state index contributed by atoms with van der Waals surface area (Å²) < 4.78 is 37.6. The molecule has 0 saturated carbocycles. The molecule has 0 bridgehead atoms. The normalized spacial score (nSPS) is 12.9. The Morgan fingerprint density at radius 2 is 1.84 bits per heavy atom. The summed E-state index contributed by atoms with van der Waals surface area (Å²) in [6, 6.07) is 4.96. The molecule has 2 aromatic rings. The Bertz CT molecular complexity index is 540. The first-order chi connectivity index (χ1) is 8.39. The van der Waals surface area contributed by atoms with Crippen LogP contribution < -0.4 is 5.73 Å². The number of thiophene rings is 1. The summed E-state index contributed by atoms with van der Waals surface area (Å²) in [4.78, 5) is 0. The van der Waals surface area contributed by atoms with Gasteiger partial charge < -0.3 is 5.73 Å². The van der Waals surface area contributed by atoms with Crippen molar-refractivity contribution < 1.29 is 13.2 Å². The minimum atomic E-state index is -4.44. The van der Waals surface area contributed by atoms with Gasteiger partial charge in [0, 0.05) is 0 Å². The molecule has 0 aliphatic rings. The minimum Gasteiger partial charge on any atom is -0.320 e. The molecule has 1 nitrogen and oxygen atoms in total. The van der Waals surface area contributed by atoms with Crippen molar-refractivity contribution >= 4 is 35.3 Å². The van der Waals surface area contributed by atoms with Crippen molar-refractivity contribution in [1.29, 1.82) is 0 Å². The fraction of sp³-hybridized carbons (Fsp3) is 0.167. The lowest BCUT2D eigenvalue weighted by Crippen LogP contribution is -2.12. The van der Waals surface area contributed by atoms with E-state index in [1.165, 1.54) is 23.5 Å². The zero-order valence-corrected chi connectivity index (χ0v) is 11.8. The van der Waals surface area contributed by atoms with Crippen LogP contribution in [-0.2, 0) is 6.18 Å². The molecule has 0 aliphatic carbocycles. The Kier molecular flexibility index (Phi) is 5.26. The number of alkyl halides is 3. The molecular formula is C12H10Cl2F3NS. The van der Waals surface area contributed by atoms with Crippen LogP contribution in [0.5, 0.6) is 0 Å². The van der Waals surface area contributed by atoms with Gasteiger partial charge in [-0.05, 0) is 40.1 Å². The third kappa shape index (κ3) is 3.63. The van der Waals surface area contributed by atoms with E-state index < -0.39 is 17.8 Å². The second-order valence-corrected chi connectivity index (χ2v) is 4.96. The zero-order chi connectivity index (χ0) is 13.3. The van der Waals surface area contributed by atoms with Crippen LogP contribution >= 0.6 is 35.3 Å². The minimum absolute atomic E-state index is 0. The molecule has 0 spiro atoms. The van der Waals surface area contributed by atoms with E-state index in [2.05, 4.69) is 0 Å². The van der Waals surface area contributed by atoms with Crippen LogP contribution in [0.15, 0.2) is 35.0 Å². The van der Waals surface area contributed by atoms with Crippen LogP contribution in [0.3, 0.4) is 0 Å². The lowest BCUT2D eigenvalue weighted by Gasteiger charge is -2.14. The van der Waals surface area contributed by atoms with E-state index >= 15 is 0 Å². The number of benzene rings is 1. The molecule has 0 saturated heterocycles. The maximum Gasteiger partial charge on any atom is 0.417 e. The summed E-state index contributed by atoms with van der Waals surface area (Å²) in [6.45, 7) is 0. The Morgan fingerprint density at radius 1 is 1.16 bits per heavy atom. The topological polar surface area (TPSA) is 26.0 Å². The van der Waals surface area contributed by atoms with Crippen LogP contribution in [0.25, 0.3) is 0 Å². The molecule has 0 unspecified atom stereocenters. The highest BCUT2D eigenvalue weighted by Crippen LogP contribution is 2.36. The average Bonchev–Trinajstić information content (AvgIpc) is 2.79. The van der Waals surface area contributed by atoms with Gasteiger partial charge >= 0.3 is 6.18 Å². The zero-order valence-electron chi connectivity index (χ0n) is 9.45. The van der Waals surface area contributed by atoms with Gasteiger partial charge in [-0.3, -0.25) is 0 Å². The molecule has 104 valence electrons. The first-order valence-corrected chi connectivity index (χ1v) is 6.36. The monoisotopic (exact) mass is 327 g/mol. The van der Waals surface area contributed by atoms with Gasteiger partial charge in [-0.2, -0.15) is 24.5 Å². The number of hydrogen-bond acceptors (Lipinski definition) is 2. The van der Waals surface area contributed by atoms with Gasteiger partial charge in [0.15, 0.2) is 0 Å². The molecule has 0 aliphatic heterocycles. The van der Waals surface area contributed by atoms with Gasteiger partial charge in [0.25, 0.3) is 0 Å². The summed E-state index contributed by atoms with van der Waals surface area (Å²) in [7, 11) is 0. The summed E-state index contributed by atoms with van der Waals surface area (Å²) in [5.41, 5.74) is 6.53. The second kappa shape index (κ2) is 6.13. The Morgan fingerprint density at radius 3 is 2.32 bits per heavy atom. The van der Waals surface area contributed by atoms with Crippen LogP contribution in [0.2, 0.25) is 5.02 Å². The number of halogens is 5. The Labute approximate surface area is 123 Å². The molecule has 19 heavy (non-hydrogen) atoms. The highest BCUT2D eigenvalue weighted by Gasteiger charge is 2.33. The number of rotatable bonds is 2. The molecule has 1 atom stereocenters. The highest BCUT2D eigenvalue weighted by molar-refractivity contribution is 7.08. The fourth-order valence-electron chi connectivity index (χ4n) is 1.60. The molecule has 0 fully saturated rings. The van der Waals surface area contributed by atoms with Crippen molar-refractivity contribution in [2.24, 2.45) is 5.73 Å². The van der Waals surface area contributed by atoms with E-state index in [1.54, 1.807) is 0 Å². The SMILES string of the molecule is Cl.N[C@H](c1ccsc1)c1ccc(C(F)(F)F)c(Cl)c1. The summed E-state index contributed by atoms with van der Waals surface area (Å²) in [5.74, 6) is 0. The number of nitrogens with two attached hydrogens (primary N) is 1. The molecule has 1 aromatic heterocycles. The average molecular weight is 328 g/mol. The van der Waals surface area contributed by atoms with Crippen molar-refractivity contribution in [1.82, 2.24) is 0 Å². The van der Waals surface area contributed by atoms with E-state index in [0.717, 1.165) is 11.6 Å². The van der Waals surface area contributed by atoms with Gasteiger partial charge in [0.05, 0.1) is 16.6 Å². The Hall–Kier alpha value is -0.750. The summed E-state index contributed by atoms with van der Waals surface area (Å²) in [6.07, 6.45) is -4.44. The largest absolute Gasteiger partial charge is 0.417 e. The van der Waals surface area contributed by atoms with E-state index in [1.807, 2.05) is 16.8 Å². The van der Waals surface area contributed by atoms with E-state index in [0.29, 0.717) is 5.56 Å². The van der Waals surface area contributed by atoms with Gasteiger partial charge in [-0.15, -0.1) is 12.4 Å². The predicted octanol–water partition coefficient (Wildman–Crippen LogP) is 4.89. The second-order valence-electron chi connectivity index (χ2n) is 3.77. The smallest absolute Gasteiger partial charge is 0.320 e. The van der Waals surface area contributed by atoms with E-state index in [9.17, 15) is 13.2 Å². The van der Waals surface area contributed by atoms with Gasteiger partial charge in [0.1, 0.15) is 0 Å². The summed E-state index contributed by atoms with van der Waals surface area (Å²) >= 11 is 7.13. The van der Waals surface area contributed by atoms with Crippen LogP contribution in [0.1, 0.15) is 22.7 Å². The summed E-state index contributed by atoms with van der Waals surface area (Å²) in [5, 5.41) is 3.39. The molecule has 0 radical (unpaired) electrons. The highest BCUT2D eigenvalue weighted by atomic mass is 35.5. The maximum absolute atomic E-state index is 12.5. The molecule has 1 heterocycles. The predicted molar refractivity (Wildman–Crippen MR) is 74.1 cm³/mol. The van der Waals surface area contributed by atoms with E-state index in [-0.39, 0.29) is 17.4 Å². The lowest BCUT2D eigenvalue weighted by molar-refractivity contribution is -0.137. The van der Waals surface area contributed by atoms with Gasteiger partial charge in [0.2, 0.25) is 0 Å². The van der Waals surface area contributed by atoms with Crippen LogP contribution in [0.4, 0.5) is 13.2 Å². The molecule has 1 aromatic carbocycles. The van der Waals surface area contributed by atoms with Gasteiger partial charge in [-0.25, -0.2) is 0 Å². The molecule has 2 N–H and O–H groups in total. The molecule has 2 rings (SSSR count). The molecule has 7 heteroatoms. The third-order valence-electron chi connectivity index (χ3n) is 2.56. The van der Waals surface area contributed by atoms with Crippen molar-refractivity contribution in [3.8, 4) is 0 Å². The van der Waals surface area contributed by atoms with Crippen LogP contribution in [-0.4, -0.2) is 0 Å². The fourth-order valence-corrected chi connectivity index (χ4v) is 2.59. The van der Waals surface area contributed by atoms with E-state index in [4.69, 9.17) is 17.3 Å². The maximum atomic E-state index is 12.5. The van der Waals surface area contributed by atoms with Crippen molar-refractivity contribution in [3.63, 3.8) is 0 Å². The first-order valence-electron chi connectivity index (χ1n) is 5.04. The van der Waals surface area contributed by atoms with Crippen molar-refractivity contribution in [3.05, 3.63) is 56.7 Å². The van der Waals surface area contributed by atoms with Crippen molar-refractivity contribution in [2.75, 3.05) is 0 Å². The quantitative estimate of drug-likeness (QED) is 0.834. The van der Waals surface area contributed by atoms with Crippen LogP contribution in [0, 0.1) is 0 Å². The molecule has 0 amide bonds. The molecular weight excluding hydrogens is 318 g/mol. The lowest BCUT2D eigenvalue weighted by atomic mass is 10.0. The van der Waals surface area contributed by atoms with Crippen molar-refractivity contribution in [2.45, 2.75) is 12.2 Å². The van der Waals surface area contributed by atoms with Gasteiger partial charge in [-0.1, -0.05) is 17.7 Å². The standard InChI is InChI=1S/C12H9ClF3NS.ClH/c13-10-5-7(1-2-9(10)12(14,15)16)11(17)8-3-4-18-6-8;/h1-6,11H,17H2;1H/t11-;/m0./s1. The third-order valence-corrected chi connectivity index (χ3v) is 3.57. The first kappa shape index (κ1) is 16.3. The Balaban J connectivity index is 0.00000180.